The highest BCUT2D eigenvalue weighted by Gasteiger charge is 2.29. The summed E-state index contributed by atoms with van der Waals surface area (Å²) in [7, 11) is 0. The molecule has 0 saturated heterocycles. The van der Waals surface area contributed by atoms with E-state index < -0.39 is 0 Å². The van der Waals surface area contributed by atoms with Crippen LogP contribution in [0.1, 0.15) is 77.6 Å². The van der Waals surface area contributed by atoms with E-state index in [1.54, 1.807) is 0 Å². The molecule has 250 valence electrons. The number of halogens is 1. The van der Waals surface area contributed by atoms with Crippen LogP contribution in [0.3, 0.4) is 0 Å². The Labute approximate surface area is 300 Å². The maximum atomic E-state index is 7.63. The first-order valence-electron chi connectivity index (χ1n) is 17.7. The molecule has 8 aromatic rings. The van der Waals surface area contributed by atoms with Crippen molar-refractivity contribution in [1.29, 1.82) is 0 Å². The number of rotatable bonds is 4. The van der Waals surface area contributed by atoms with Crippen molar-refractivity contribution in [2.75, 3.05) is 0 Å². The lowest BCUT2D eigenvalue weighted by atomic mass is 9.77. The van der Waals surface area contributed by atoms with Gasteiger partial charge in [0.2, 0.25) is 0 Å². The molecule has 3 heteroatoms. The highest BCUT2D eigenvalue weighted by molar-refractivity contribution is 6.33. The molecule has 0 spiro atoms. The minimum absolute atomic E-state index is 0.0408. The highest BCUT2D eigenvalue weighted by Crippen LogP contribution is 2.44. The first kappa shape index (κ1) is 32.4. The molecule has 0 aliphatic rings. The molecule has 50 heavy (non-hydrogen) atoms. The highest BCUT2D eigenvalue weighted by atomic mass is 35.5. The molecule has 0 atom stereocenters. The third-order valence-corrected chi connectivity index (χ3v) is 11.2. The molecule has 2 heterocycles. The molecule has 0 radical (unpaired) electrons. The topological polar surface area (TPSA) is 9.86 Å². The van der Waals surface area contributed by atoms with E-state index in [1.807, 2.05) is 0 Å². The van der Waals surface area contributed by atoms with Crippen molar-refractivity contribution in [3.63, 3.8) is 0 Å². The minimum atomic E-state index is -0.378. The summed E-state index contributed by atoms with van der Waals surface area (Å²) in [6.07, 6.45) is 0. The van der Waals surface area contributed by atoms with Crippen molar-refractivity contribution < 1.29 is 0 Å². The predicted octanol–water partition coefficient (Wildman–Crippen LogP) is 13.5. The van der Waals surface area contributed by atoms with Gasteiger partial charge < -0.3 is 9.13 Å². The maximum Gasteiger partial charge on any atom is 0.0687 e. The summed E-state index contributed by atoms with van der Waals surface area (Å²) in [5.74, 6) is 0. The molecular formula is C47H45ClN2. The molecule has 0 unspecified atom stereocenters. The zero-order valence-corrected chi connectivity index (χ0v) is 31.2. The van der Waals surface area contributed by atoms with Gasteiger partial charge in [-0.2, -0.15) is 0 Å². The van der Waals surface area contributed by atoms with Gasteiger partial charge in [-0.05, 0) is 87.7 Å². The number of para-hydroxylation sites is 2. The van der Waals surface area contributed by atoms with E-state index >= 15 is 0 Å². The molecule has 0 N–H and O–H groups in total. The molecule has 0 fully saturated rings. The summed E-state index contributed by atoms with van der Waals surface area (Å²) in [6, 6.07) is 46.8. The number of nitrogens with zero attached hydrogens (tertiary/aromatic N) is 2. The standard InChI is InChI=1S/C47H45ClN2/c1-45(2,3)30-22-25-40-36(27-30)37-28-31(46(4,5)6)23-26-41(37)50(40)42-20-14-18-38(44(42)48)47(7,8)32-21-24-35-34-17-12-13-19-39(34)49(43(35)29-32)33-15-10-9-11-16-33/h9-29H,1-8H3. The van der Waals surface area contributed by atoms with Crippen LogP contribution in [-0.2, 0) is 16.2 Å². The first-order valence-corrected chi connectivity index (χ1v) is 18.1. The monoisotopic (exact) mass is 672 g/mol. The van der Waals surface area contributed by atoms with Crippen molar-refractivity contribution in [3.8, 4) is 11.4 Å². The van der Waals surface area contributed by atoms with Gasteiger partial charge in [0, 0.05) is 32.6 Å². The predicted molar refractivity (Wildman–Crippen MR) is 216 cm³/mol. The van der Waals surface area contributed by atoms with E-state index in [0.29, 0.717) is 0 Å². The van der Waals surface area contributed by atoms with Crippen LogP contribution in [0, 0.1) is 0 Å². The summed E-state index contributed by atoms with van der Waals surface area (Å²) in [4.78, 5) is 0. The Morgan fingerprint density at radius 3 is 1.58 bits per heavy atom. The van der Waals surface area contributed by atoms with Crippen molar-refractivity contribution in [1.82, 2.24) is 9.13 Å². The van der Waals surface area contributed by atoms with Gasteiger partial charge in [0.25, 0.3) is 0 Å². The quantitative estimate of drug-likeness (QED) is 0.176. The van der Waals surface area contributed by atoms with Gasteiger partial charge in [-0.3, -0.25) is 0 Å². The van der Waals surface area contributed by atoms with Crippen LogP contribution in [0.25, 0.3) is 55.0 Å². The molecule has 0 aliphatic carbocycles. The van der Waals surface area contributed by atoms with Crippen molar-refractivity contribution >= 4 is 55.2 Å². The average molecular weight is 673 g/mol. The van der Waals surface area contributed by atoms with Crippen LogP contribution in [0.5, 0.6) is 0 Å². The van der Waals surface area contributed by atoms with Gasteiger partial charge in [0.15, 0.2) is 0 Å². The minimum Gasteiger partial charge on any atom is -0.309 e. The molecule has 8 rings (SSSR count). The second-order valence-corrected chi connectivity index (χ2v) is 16.9. The SMILES string of the molecule is CC(C)(C)c1ccc2c(c1)c1cc(C(C)(C)C)ccc1n2-c1cccc(C(C)(C)c2ccc3c4ccccc4n(-c4ccccc4)c3c2)c1Cl. The molecular weight excluding hydrogens is 628 g/mol. The van der Waals surface area contributed by atoms with Crippen LogP contribution in [0.2, 0.25) is 5.02 Å². The molecule has 6 aromatic carbocycles. The van der Waals surface area contributed by atoms with Crippen molar-refractivity contribution in [2.45, 2.75) is 71.6 Å². The summed E-state index contributed by atoms with van der Waals surface area (Å²) in [5, 5.41) is 5.81. The Morgan fingerprint density at radius 1 is 0.420 bits per heavy atom. The lowest BCUT2D eigenvalue weighted by Gasteiger charge is -2.29. The van der Waals surface area contributed by atoms with E-state index in [-0.39, 0.29) is 16.2 Å². The van der Waals surface area contributed by atoms with Crippen LogP contribution < -0.4 is 0 Å². The van der Waals surface area contributed by atoms with Crippen LogP contribution in [-0.4, -0.2) is 9.13 Å². The third kappa shape index (κ3) is 5.07. The smallest absolute Gasteiger partial charge is 0.0687 e. The van der Waals surface area contributed by atoms with Gasteiger partial charge in [-0.1, -0.05) is 140 Å². The van der Waals surface area contributed by atoms with Crippen LogP contribution >= 0.6 is 11.6 Å². The van der Waals surface area contributed by atoms with E-state index in [9.17, 15) is 0 Å². The maximum absolute atomic E-state index is 7.63. The van der Waals surface area contributed by atoms with E-state index in [4.69, 9.17) is 11.6 Å². The summed E-state index contributed by atoms with van der Waals surface area (Å²) in [5.41, 5.74) is 11.6. The summed E-state index contributed by atoms with van der Waals surface area (Å²) >= 11 is 7.63. The largest absolute Gasteiger partial charge is 0.309 e. The Morgan fingerprint density at radius 2 is 0.960 bits per heavy atom. The first-order chi connectivity index (χ1) is 23.7. The normalized spacial score (nSPS) is 12.9. The lowest BCUT2D eigenvalue weighted by Crippen LogP contribution is -2.20. The fourth-order valence-electron chi connectivity index (χ4n) is 7.76. The number of hydrogen-bond acceptors (Lipinski definition) is 0. The summed E-state index contributed by atoms with van der Waals surface area (Å²) in [6.45, 7) is 18.3. The Hall–Kier alpha value is -4.79. The molecule has 0 saturated carbocycles. The molecule has 2 aromatic heterocycles. The number of fused-ring (bicyclic) bond motifs is 6. The second kappa shape index (κ2) is 11.4. The van der Waals surface area contributed by atoms with Crippen LogP contribution in [0.4, 0.5) is 0 Å². The number of hydrogen-bond donors (Lipinski definition) is 0. The van der Waals surface area contributed by atoms with E-state index in [0.717, 1.165) is 22.0 Å². The molecule has 0 bridgehead atoms. The van der Waals surface area contributed by atoms with Gasteiger partial charge in [0.05, 0.1) is 32.8 Å². The Bertz CT molecular complexity index is 2510. The lowest BCUT2D eigenvalue weighted by molar-refractivity contribution is 0.590. The second-order valence-electron chi connectivity index (χ2n) is 16.5. The fourth-order valence-corrected chi connectivity index (χ4v) is 8.21. The Kier molecular flexibility index (Phi) is 7.37. The van der Waals surface area contributed by atoms with E-state index in [1.165, 1.54) is 60.3 Å². The molecule has 0 aliphatic heterocycles. The molecule has 2 nitrogen and oxygen atoms in total. The summed E-state index contributed by atoms with van der Waals surface area (Å²) < 4.78 is 4.76. The van der Waals surface area contributed by atoms with Crippen molar-refractivity contribution in [2.24, 2.45) is 0 Å². The van der Waals surface area contributed by atoms with Gasteiger partial charge in [-0.15, -0.1) is 0 Å². The van der Waals surface area contributed by atoms with E-state index in [2.05, 4.69) is 192 Å². The fraction of sp³-hybridized carbons (Fsp3) is 0.234. The van der Waals surface area contributed by atoms with Gasteiger partial charge >= 0.3 is 0 Å². The van der Waals surface area contributed by atoms with Crippen molar-refractivity contribution in [3.05, 3.63) is 155 Å². The zero-order chi connectivity index (χ0) is 35.2. The average Bonchev–Trinajstić information content (AvgIpc) is 3.59. The Balaban J connectivity index is 1.34. The van der Waals surface area contributed by atoms with Gasteiger partial charge in [-0.25, -0.2) is 0 Å². The van der Waals surface area contributed by atoms with Gasteiger partial charge in [0.1, 0.15) is 0 Å². The molecule has 0 amide bonds. The number of aromatic nitrogens is 2. The third-order valence-electron chi connectivity index (χ3n) is 10.8. The van der Waals surface area contributed by atoms with Crippen LogP contribution in [0.15, 0.2) is 127 Å². The number of benzene rings is 6. The zero-order valence-electron chi connectivity index (χ0n) is 30.4.